The first-order valence-corrected chi connectivity index (χ1v) is 6.93. The normalized spacial score (nSPS) is 23.9. The molecule has 1 saturated heterocycles. The number of hydrogen-bond acceptors (Lipinski definition) is 5. The van der Waals surface area contributed by atoms with Gasteiger partial charge in [-0.1, -0.05) is 20.8 Å². The molecule has 0 spiro atoms. The minimum atomic E-state index is 0.257. The van der Waals surface area contributed by atoms with Crippen molar-refractivity contribution in [3.8, 4) is 0 Å². The first-order valence-electron chi connectivity index (χ1n) is 6.93. The summed E-state index contributed by atoms with van der Waals surface area (Å²) in [6, 6.07) is 1.86. The van der Waals surface area contributed by atoms with Crippen molar-refractivity contribution in [2.45, 2.75) is 39.2 Å². The standard InChI is InChI=1S/C14H24N4O/c1-9(2)14-16-12(15)7-13(17-14)18-6-5-10(3)11(8-18)19-4/h7,9-11H,5-6,8H2,1-4H3,(H2,15,16,17). The van der Waals surface area contributed by atoms with Gasteiger partial charge in [0.1, 0.15) is 17.5 Å². The molecule has 0 saturated carbocycles. The highest BCUT2D eigenvalue weighted by Gasteiger charge is 2.27. The maximum atomic E-state index is 5.89. The van der Waals surface area contributed by atoms with Crippen LogP contribution in [0.3, 0.4) is 0 Å². The van der Waals surface area contributed by atoms with Gasteiger partial charge in [-0.15, -0.1) is 0 Å². The molecule has 1 aromatic heterocycles. The van der Waals surface area contributed by atoms with Gasteiger partial charge in [0.15, 0.2) is 0 Å². The molecule has 1 fully saturated rings. The van der Waals surface area contributed by atoms with Crippen LogP contribution in [-0.4, -0.2) is 36.3 Å². The Kier molecular flexibility index (Phi) is 4.24. The van der Waals surface area contributed by atoms with Crippen LogP contribution in [0.1, 0.15) is 38.9 Å². The first kappa shape index (κ1) is 14.1. The number of methoxy groups -OCH3 is 1. The van der Waals surface area contributed by atoms with Crippen molar-refractivity contribution >= 4 is 11.6 Å². The molecule has 0 bridgehead atoms. The average molecular weight is 264 g/mol. The quantitative estimate of drug-likeness (QED) is 0.905. The van der Waals surface area contributed by atoms with Crippen molar-refractivity contribution in [2.75, 3.05) is 30.8 Å². The molecule has 19 heavy (non-hydrogen) atoms. The van der Waals surface area contributed by atoms with Crippen LogP contribution in [0, 0.1) is 5.92 Å². The zero-order valence-corrected chi connectivity index (χ0v) is 12.3. The summed E-state index contributed by atoms with van der Waals surface area (Å²) in [7, 11) is 1.78. The van der Waals surface area contributed by atoms with Gasteiger partial charge in [0.2, 0.25) is 0 Å². The smallest absolute Gasteiger partial charge is 0.135 e. The highest BCUT2D eigenvalue weighted by molar-refractivity contribution is 5.47. The molecule has 2 heterocycles. The predicted molar refractivity (Wildman–Crippen MR) is 77.3 cm³/mol. The predicted octanol–water partition coefficient (Wildman–Crippen LogP) is 2.04. The van der Waals surface area contributed by atoms with Crippen molar-refractivity contribution < 1.29 is 4.74 Å². The lowest BCUT2D eigenvalue weighted by Crippen LogP contribution is -2.44. The van der Waals surface area contributed by atoms with E-state index in [1.807, 2.05) is 6.07 Å². The second-order valence-electron chi connectivity index (χ2n) is 5.65. The molecule has 0 radical (unpaired) electrons. The van der Waals surface area contributed by atoms with E-state index in [4.69, 9.17) is 10.5 Å². The van der Waals surface area contributed by atoms with E-state index in [1.165, 1.54) is 0 Å². The lowest BCUT2D eigenvalue weighted by atomic mass is 9.96. The maximum Gasteiger partial charge on any atom is 0.135 e. The molecule has 5 nitrogen and oxygen atoms in total. The van der Waals surface area contributed by atoms with Crippen LogP contribution in [0.5, 0.6) is 0 Å². The molecule has 2 unspecified atom stereocenters. The third kappa shape index (κ3) is 3.15. The molecule has 2 atom stereocenters. The Bertz CT molecular complexity index is 435. The molecule has 2 rings (SSSR count). The van der Waals surface area contributed by atoms with Crippen LogP contribution in [0.4, 0.5) is 11.6 Å². The van der Waals surface area contributed by atoms with Gasteiger partial charge in [-0.25, -0.2) is 9.97 Å². The van der Waals surface area contributed by atoms with E-state index in [2.05, 4.69) is 35.6 Å². The number of anilines is 2. The van der Waals surface area contributed by atoms with E-state index in [0.717, 1.165) is 31.2 Å². The Morgan fingerprint density at radius 3 is 2.79 bits per heavy atom. The molecular formula is C14H24N4O. The molecular weight excluding hydrogens is 240 g/mol. The van der Waals surface area contributed by atoms with Gasteiger partial charge >= 0.3 is 0 Å². The summed E-state index contributed by atoms with van der Waals surface area (Å²) in [6.45, 7) is 8.25. The molecule has 0 aliphatic carbocycles. The monoisotopic (exact) mass is 264 g/mol. The number of ether oxygens (including phenoxy) is 1. The Balaban J connectivity index is 2.22. The molecule has 0 amide bonds. The van der Waals surface area contributed by atoms with Crippen molar-refractivity contribution in [1.82, 2.24) is 9.97 Å². The summed E-state index contributed by atoms with van der Waals surface area (Å²) >= 11 is 0. The molecule has 5 heteroatoms. The summed E-state index contributed by atoms with van der Waals surface area (Å²) in [5, 5.41) is 0. The van der Waals surface area contributed by atoms with E-state index in [0.29, 0.717) is 11.7 Å². The van der Waals surface area contributed by atoms with Gasteiger partial charge in [-0.3, -0.25) is 0 Å². The highest BCUT2D eigenvalue weighted by atomic mass is 16.5. The Morgan fingerprint density at radius 2 is 2.16 bits per heavy atom. The van der Waals surface area contributed by atoms with Crippen molar-refractivity contribution in [1.29, 1.82) is 0 Å². The number of rotatable bonds is 3. The minimum Gasteiger partial charge on any atom is -0.384 e. The molecule has 1 aliphatic heterocycles. The van der Waals surface area contributed by atoms with Crippen molar-refractivity contribution in [3.05, 3.63) is 11.9 Å². The third-order valence-corrected chi connectivity index (χ3v) is 3.78. The van der Waals surface area contributed by atoms with Gasteiger partial charge in [0.05, 0.1) is 6.10 Å². The number of nitrogens with two attached hydrogens (primary N) is 1. The fourth-order valence-corrected chi connectivity index (χ4v) is 2.44. The highest BCUT2D eigenvalue weighted by Crippen LogP contribution is 2.25. The van der Waals surface area contributed by atoms with Crippen LogP contribution >= 0.6 is 0 Å². The SMILES string of the molecule is COC1CN(c2cc(N)nc(C(C)C)n2)CCC1C. The number of aromatic nitrogens is 2. The third-order valence-electron chi connectivity index (χ3n) is 3.78. The van der Waals surface area contributed by atoms with Gasteiger partial charge in [0.25, 0.3) is 0 Å². The summed E-state index contributed by atoms with van der Waals surface area (Å²) in [4.78, 5) is 11.2. The number of piperidine rings is 1. The van der Waals surface area contributed by atoms with Crippen LogP contribution in [0.25, 0.3) is 0 Å². The summed E-state index contributed by atoms with van der Waals surface area (Å²) in [5.74, 6) is 3.14. The van der Waals surface area contributed by atoms with E-state index in [1.54, 1.807) is 7.11 Å². The van der Waals surface area contributed by atoms with Gasteiger partial charge < -0.3 is 15.4 Å². The maximum absolute atomic E-state index is 5.89. The molecule has 0 aromatic carbocycles. The first-order chi connectivity index (χ1) is 9.01. The van der Waals surface area contributed by atoms with E-state index < -0.39 is 0 Å². The second kappa shape index (κ2) is 5.74. The lowest BCUT2D eigenvalue weighted by Gasteiger charge is -2.37. The van der Waals surface area contributed by atoms with Crippen LogP contribution in [0.2, 0.25) is 0 Å². The van der Waals surface area contributed by atoms with Gasteiger partial charge in [-0.2, -0.15) is 0 Å². The molecule has 1 aliphatic rings. The van der Waals surface area contributed by atoms with E-state index in [9.17, 15) is 0 Å². The Hall–Kier alpha value is -1.36. The van der Waals surface area contributed by atoms with Gasteiger partial charge in [-0.05, 0) is 12.3 Å². The summed E-state index contributed by atoms with van der Waals surface area (Å²) in [6.07, 6.45) is 1.37. The number of nitrogen functional groups attached to an aromatic ring is 1. The zero-order chi connectivity index (χ0) is 14.0. The Morgan fingerprint density at radius 1 is 1.42 bits per heavy atom. The fraction of sp³-hybridized carbons (Fsp3) is 0.714. The average Bonchev–Trinajstić information content (AvgIpc) is 2.38. The van der Waals surface area contributed by atoms with Crippen LogP contribution < -0.4 is 10.6 Å². The largest absolute Gasteiger partial charge is 0.384 e. The number of nitrogens with zero attached hydrogens (tertiary/aromatic N) is 3. The Labute approximate surface area is 115 Å². The van der Waals surface area contributed by atoms with Crippen molar-refractivity contribution in [3.63, 3.8) is 0 Å². The summed E-state index contributed by atoms with van der Waals surface area (Å²) < 4.78 is 5.55. The van der Waals surface area contributed by atoms with Crippen LogP contribution in [-0.2, 0) is 4.74 Å². The lowest BCUT2D eigenvalue weighted by molar-refractivity contribution is 0.0496. The van der Waals surface area contributed by atoms with E-state index in [-0.39, 0.29) is 12.0 Å². The zero-order valence-electron chi connectivity index (χ0n) is 12.3. The number of hydrogen-bond donors (Lipinski definition) is 1. The second-order valence-corrected chi connectivity index (χ2v) is 5.65. The van der Waals surface area contributed by atoms with Crippen molar-refractivity contribution in [2.24, 2.45) is 5.92 Å². The minimum absolute atomic E-state index is 0.257. The van der Waals surface area contributed by atoms with Gasteiger partial charge in [0, 0.05) is 32.2 Å². The van der Waals surface area contributed by atoms with Crippen LogP contribution in [0.15, 0.2) is 6.07 Å². The molecule has 2 N–H and O–H groups in total. The van der Waals surface area contributed by atoms with E-state index >= 15 is 0 Å². The fourth-order valence-electron chi connectivity index (χ4n) is 2.44. The topological polar surface area (TPSA) is 64.3 Å². The molecule has 1 aromatic rings. The summed E-state index contributed by atoms with van der Waals surface area (Å²) in [5.41, 5.74) is 5.89. The molecule has 106 valence electrons.